The number of hydrogen-bond acceptors (Lipinski definition) is 4. The summed E-state index contributed by atoms with van der Waals surface area (Å²) in [5.74, 6) is -0.659. The zero-order valence-corrected chi connectivity index (χ0v) is 17.4. The summed E-state index contributed by atoms with van der Waals surface area (Å²) >= 11 is 0. The Labute approximate surface area is 161 Å². The minimum atomic E-state index is -0.659. The van der Waals surface area contributed by atoms with E-state index in [2.05, 4.69) is 18.7 Å². The van der Waals surface area contributed by atoms with E-state index in [9.17, 15) is 4.79 Å². The van der Waals surface area contributed by atoms with Crippen molar-refractivity contribution in [2.45, 2.75) is 97.3 Å². The molecule has 0 aliphatic heterocycles. The number of aliphatic hydroxyl groups is 2. The maximum Gasteiger partial charge on any atom is 0.303 e. The molecule has 5 heteroatoms. The highest BCUT2D eigenvalue weighted by atomic mass is 16.4. The van der Waals surface area contributed by atoms with Crippen LogP contribution < -0.4 is 0 Å². The van der Waals surface area contributed by atoms with Crippen LogP contribution in [0.4, 0.5) is 0 Å². The van der Waals surface area contributed by atoms with Gasteiger partial charge in [-0.05, 0) is 19.4 Å². The quantitative estimate of drug-likeness (QED) is 0.308. The van der Waals surface area contributed by atoms with Crippen LogP contribution in [0.2, 0.25) is 0 Å². The van der Waals surface area contributed by atoms with E-state index >= 15 is 0 Å². The molecule has 0 aromatic rings. The van der Waals surface area contributed by atoms with Crippen LogP contribution in [0.5, 0.6) is 0 Å². The van der Waals surface area contributed by atoms with Gasteiger partial charge >= 0.3 is 5.97 Å². The second kappa shape index (κ2) is 24.4. The molecule has 3 N–H and O–H groups in total. The van der Waals surface area contributed by atoms with Crippen molar-refractivity contribution in [3.05, 3.63) is 0 Å². The van der Waals surface area contributed by atoms with Crippen LogP contribution in [0, 0.1) is 0 Å². The Morgan fingerprint density at radius 2 is 1.08 bits per heavy atom. The van der Waals surface area contributed by atoms with Gasteiger partial charge in [0.25, 0.3) is 0 Å². The molecular weight excluding hydrogens is 330 g/mol. The second-order valence-electron chi connectivity index (χ2n) is 6.97. The molecule has 0 heterocycles. The molecule has 0 bridgehead atoms. The fourth-order valence-corrected chi connectivity index (χ4v) is 2.79. The number of carboxylic acids is 1. The van der Waals surface area contributed by atoms with Crippen LogP contribution in [0.1, 0.15) is 97.3 Å². The number of nitrogens with zero attached hydrogens (tertiary/aromatic N) is 1. The minimum Gasteiger partial charge on any atom is -0.481 e. The largest absolute Gasteiger partial charge is 0.481 e. The fraction of sp³-hybridized carbons (Fsp3) is 0.952. The molecule has 158 valence electrons. The molecule has 0 amide bonds. The molecule has 0 unspecified atom stereocenters. The molecule has 5 nitrogen and oxygen atoms in total. The van der Waals surface area contributed by atoms with Crippen LogP contribution >= 0.6 is 0 Å². The summed E-state index contributed by atoms with van der Waals surface area (Å²) in [5.41, 5.74) is 0. The number of carboxylic acid groups (broad SMARTS) is 1. The van der Waals surface area contributed by atoms with E-state index < -0.39 is 5.97 Å². The summed E-state index contributed by atoms with van der Waals surface area (Å²) in [6, 6.07) is 0. The monoisotopic (exact) mass is 375 g/mol. The van der Waals surface area contributed by atoms with Crippen LogP contribution in [0.3, 0.4) is 0 Å². The fourth-order valence-electron chi connectivity index (χ4n) is 2.79. The standard InChI is InChI=1S/C12H24O2.C9H21NO2/c1-2-3-4-5-6-7-8-9-10-11-12(13)14;1-2-3-4-5-10(6-8-11)7-9-12/h2-11H2,1H3,(H,13,14);11-12H,2-9H2,1H3. The molecule has 0 aromatic carbocycles. The third-order valence-electron chi connectivity index (χ3n) is 4.40. The Morgan fingerprint density at radius 3 is 1.50 bits per heavy atom. The Balaban J connectivity index is 0. The number of aliphatic hydroxyl groups excluding tert-OH is 2. The van der Waals surface area contributed by atoms with Gasteiger partial charge in [-0.25, -0.2) is 0 Å². The number of hydrogen-bond donors (Lipinski definition) is 3. The van der Waals surface area contributed by atoms with E-state index in [1.54, 1.807) is 0 Å². The first-order valence-electron chi connectivity index (χ1n) is 10.8. The number of aliphatic carboxylic acids is 1. The van der Waals surface area contributed by atoms with Crippen molar-refractivity contribution in [1.82, 2.24) is 4.90 Å². The predicted molar refractivity (Wildman–Crippen MR) is 110 cm³/mol. The average Bonchev–Trinajstić information content (AvgIpc) is 2.61. The molecule has 0 aliphatic carbocycles. The summed E-state index contributed by atoms with van der Waals surface area (Å²) < 4.78 is 0. The van der Waals surface area contributed by atoms with Gasteiger partial charge in [-0.3, -0.25) is 9.69 Å². The molecule has 0 fully saturated rings. The van der Waals surface area contributed by atoms with Gasteiger partial charge in [0.1, 0.15) is 0 Å². The van der Waals surface area contributed by atoms with Gasteiger partial charge in [-0.15, -0.1) is 0 Å². The number of rotatable bonds is 18. The molecule has 0 saturated heterocycles. The molecule has 26 heavy (non-hydrogen) atoms. The van der Waals surface area contributed by atoms with Crippen LogP contribution in [-0.2, 0) is 4.79 Å². The molecule has 0 aliphatic rings. The van der Waals surface area contributed by atoms with Gasteiger partial charge in [0.05, 0.1) is 13.2 Å². The highest BCUT2D eigenvalue weighted by Gasteiger charge is 2.01. The summed E-state index contributed by atoms with van der Waals surface area (Å²) in [5, 5.41) is 25.8. The van der Waals surface area contributed by atoms with E-state index in [0.29, 0.717) is 19.5 Å². The van der Waals surface area contributed by atoms with Gasteiger partial charge < -0.3 is 15.3 Å². The summed E-state index contributed by atoms with van der Waals surface area (Å²) in [7, 11) is 0. The van der Waals surface area contributed by atoms with Crippen LogP contribution in [0.15, 0.2) is 0 Å². The Kier molecular flexibility index (Phi) is 25.8. The molecule has 0 saturated carbocycles. The smallest absolute Gasteiger partial charge is 0.303 e. The lowest BCUT2D eigenvalue weighted by atomic mass is 10.1. The van der Waals surface area contributed by atoms with Crippen molar-refractivity contribution in [2.24, 2.45) is 0 Å². The van der Waals surface area contributed by atoms with E-state index in [1.165, 1.54) is 57.8 Å². The van der Waals surface area contributed by atoms with E-state index in [-0.39, 0.29) is 13.2 Å². The van der Waals surface area contributed by atoms with Crippen molar-refractivity contribution in [3.8, 4) is 0 Å². The van der Waals surface area contributed by atoms with Crippen molar-refractivity contribution < 1.29 is 20.1 Å². The summed E-state index contributed by atoms with van der Waals surface area (Å²) in [6.07, 6.45) is 15.1. The summed E-state index contributed by atoms with van der Waals surface area (Å²) in [4.78, 5) is 12.3. The lowest BCUT2D eigenvalue weighted by Crippen LogP contribution is -2.30. The molecule has 0 atom stereocenters. The maximum atomic E-state index is 10.2. The van der Waals surface area contributed by atoms with Crippen molar-refractivity contribution >= 4 is 5.97 Å². The Morgan fingerprint density at radius 1 is 0.654 bits per heavy atom. The van der Waals surface area contributed by atoms with Gasteiger partial charge in [0.15, 0.2) is 0 Å². The SMILES string of the molecule is CCCCCCCCCCCC(=O)O.CCCCCN(CCO)CCO. The van der Waals surface area contributed by atoms with Crippen molar-refractivity contribution in [2.75, 3.05) is 32.8 Å². The van der Waals surface area contributed by atoms with E-state index in [0.717, 1.165) is 25.8 Å². The van der Waals surface area contributed by atoms with E-state index in [4.69, 9.17) is 15.3 Å². The second-order valence-corrected chi connectivity index (χ2v) is 6.97. The first-order chi connectivity index (χ1) is 12.6. The van der Waals surface area contributed by atoms with E-state index in [1.807, 2.05) is 0 Å². The molecule has 0 rings (SSSR count). The highest BCUT2D eigenvalue weighted by molar-refractivity contribution is 5.66. The van der Waals surface area contributed by atoms with Gasteiger partial charge in [0, 0.05) is 19.5 Å². The molecular formula is C21H45NO4. The highest BCUT2D eigenvalue weighted by Crippen LogP contribution is 2.10. The number of unbranched alkanes of at least 4 members (excludes halogenated alkanes) is 10. The topological polar surface area (TPSA) is 81.0 Å². The third-order valence-corrected chi connectivity index (χ3v) is 4.40. The third kappa shape index (κ3) is 25.6. The molecule has 0 spiro atoms. The zero-order chi connectivity index (χ0) is 19.9. The van der Waals surface area contributed by atoms with Gasteiger partial charge in [0.2, 0.25) is 0 Å². The predicted octanol–water partition coefficient (Wildman–Crippen LogP) is 4.46. The first-order valence-corrected chi connectivity index (χ1v) is 10.8. The Bertz CT molecular complexity index is 269. The normalized spacial score (nSPS) is 10.7. The first kappa shape index (κ1) is 27.6. The van der Waals surface area contributed by atoms with Gasteiger partial charge in [-0.1, -0.05) is 78.1 Å². The van der Waals surface area contributed by atoms with Gasteiger partial charge in [-0.2, -0.15) is 0 Å². The van der Waals surface area contributed by atoms with Crippen LogP contribution in [-0.4, -0.2) is 59.0 Å². The van der Waals surface area contributed by atoms with Crippen molar-refractivity contribution in [3.63, 3.8) is 0 Å². The van der Waals surface area contributed by atoms with Crippen molar-refractivity contribution in [1.29, 1.82) is 0 Å². The lowest BCUT2D eigenvalue weighted by molar-refractivity contribution is -0.137. The molecule has 0 aromatic heterocycles. The van der Waals surface area contributed by atoms with Crippen LogP contribution in [0.25, 0.3) is 0 Å². The summed E-state index contributed by atoms with van der Waals surface area (Å²) in [6.45, 7) is 7.14. The lowest BCUT2D eigenvalue weighted by Gasteiger charge is -2.19. The minimum absolute atomic E-state index is 0.187. The number of carbonyl (C=O) groups is 1. The molecule has 0 radical (unpaired) electrons. The zero-order valence-electron chi connectivity index (χ0n) is 17.4. The maximum absolute atomic E-state index is 10.2. The average molecular weight is 376 g/mol. The Hall–Kier alpha value is -0.650.